The van der Waals surface area contributed by atoms with E-state index < -0.39 is 12.1 Å². The first-order valence-electron chi connectivity index (χ1n) is 4.96. The SMILES string of the molecule is CCC(Oc1ccc(CN)cc1Cl)C(=O)O. The third kappa shape index (κ3) is 3.12. The lowest BCUT2D eigenvalue weighted by Crippen LogP contribution is -2.26. The number of hydrogen-bond donors (Lipinski definition) is 2. The van der Waals surface area contributed by atoms with Crippen molar-refractivity contribution in [3.05, 3.63) is 28.8 Å². The first kappa shape index (κ1) is 12.8. The Kier molecular flexibility index (Phi) is 4.58. The Bertz CT molecular complexity index is 381. The molecule has 0 aliphatic heterocycles. The van der Waals surface area contributed by atoms with Gasteiger partial charge in [-0.2, -0.15) is 0 Å². The van der Waals surface area contributed by atoms with E-state index in [0.29, 0.717) is 23.7 Å². The second-order valence-corrected chi connectivity index (χ2v) is 3.73. The van der Waals surface area contributed by atoms with Gasteiger partial charge in [0, 0.05) is 6.54 Å². The molecule has 1 rings (SSSR count). The molecule has 4 nitrogen and oxygen atoms in total. The number of carbonyl (C=O) groups is 1. The van der Waals surface area contributed by atoms with E-state index in [0.717, 1.165) is 5.56 Å². The molecule has 0 aliphatic carbocycles. The van der Waals surface area contributed by atoms with Crippen LogP contribution in [0.5, 0.6) is 5.75 Å². The van der Waals surface area contributed by atoms with E-state index in [1.54, 1.807) is 25.1 Å². The second-order valence-electron chi connectivity index (χ2n) is 3.32. The lowest BCUT2D eigenvalue weighted by Gasteiger charge is -2.14. The molecule has 0 radical (unpaired) electrons. The standard InChI is InChI=1S/C11H14ClNO3/c1-2-9(11(14)15)16-10-4-3-7(6-13)5-8(10)12/h3-5,9H,2,6,13H2,1H3,(H,14,15). The molecule has 5 heteroatoms. The van der Waals surface area contributed by atoms with Crippen molar-refractivity contribution < 1.29 is 14.6 Å². The summed E-state index contributed by atoms with van der Waals surface area (Å²) < 4.78 is 5.28. The van der Waals surface area contributed by atoms with Crippen LogP contribution in [-0.2, 0) is 11.3 Å². The molecule has 0 aromatic heterocycles. The molecule has 1 aromatic carbocycles. The van der Waals surface area contributed by atoms with Crippen LogP contribution in [0, 0.1) is 0 Å². The van der Waals surface area contributed by atoms with Gasteiger partial charge in [-0.05, 0) is 24.1 Å². The zero-order chi connectivity index (χ0) is 12.1. The highest BCUT2D eigenvalue weighted by molar-refractivity contribution is 6.32. The zero-order valence-electron chi connectivity index (χ0n) is 8.94. The molecule has 0 spiro atoms. The van der Waals surface area contributed by atoms with E-state index in [2.05, 4.69) is 0 Å². The van der Waals surface area contributed by atoms with E-state index in [4.69, 9.17) is 27.2 Å². The maximum atomic E-state index is 10.8. The van der Waals surface area contributed by atoms with E-state index in [1.165, 1.54) is 0 Å². The number of aliphatic carboxylic acids is 1. The van der Waals surface area contributed by atoms with Crippen LogP contribution >= 0.6 is 11.6 Å². The van der Waals surface area contributed by atoms with Gasteiger partial charge in [-0.15, -0.1) is 0 Å². The molecule has 0 saturated carbocycles. The van der Waals surface area contributed by atoms with Crippen molar-refractivity contribution in [2.24, 2.45) is 5.73 Å². The molecule has 3 N–H and O–H groups in total. The van der Waals surface area contributed by atoms with Crippen LogP contribution in [0.3, 0.4) is 0 Å². The summed E-state index contributed by atoms with van der Waals surface area (Å²) in [5.74, 6) is -0.630. The number of carboxylic acid groups (broad SMARTS) is 1. The predicted molar refractivity (Wildman–Crippen MR) is 61.7 cm³/mol. The predicted octanol–water partition coefficient (Wildman–Crippen LogP) is 2.04. The van der Waals surface area contributed by atoms with Crippen molar-refractivity contribution in [2.45, 2.75) is 26.0 Å². The number of hydrogen-bond acceptors (Lipinski definition) is 3. The molecule has 0 saturated heterocycles. The number of ether oxygens (including phenoxy) is 1. The van der Waals surface area contributed by atoms with Crippen LogP contribution in [0.4, 0.5) is 0 Å². The average molecular weight is 244 g/mol. The monoisotopic (exact) mass is 243 g/mol. The third-order valence-corrected chi connectivity index (χ3v) is 2.44. The highest BCUT2D eigenvalue weighted by Crippen LogP contribution is 2.26. The molecule has 1 atom stereocenters. The lowest BCUT2D eigenvalue weighted by molar-refractivity contribution is -0.145. The molecule has 0 amide bonds. The average Bonchev–Trinajstić information content (AvgIpc) is 2.26. The molecular formula is C11H14ClNO3. The van der Waals surface area contributed by atoms with E-state index >= 15 is 0 Å². The fourth-order valence-electron chi connectivity index (χ4n) is 1.23. The van der Waals surface area contributed by atoms with Crippen molar-refractivity contribution in [3.63, 3.8) is 0 Å². The van der Waals surface area contributed by atoms with E-state index in [9.17, 15) is 4.79 Å². The van der Waals surface area contributed by atoms with Gasteiger partial charge in [0.05, 0.1) is 5.02 Å². The van der Waals surface area contributed by atoms with Crippen molar-refractivity contribution in [1.82, 2.24) is 0 Å². The molecule has 0 fully saturated rings. The second kappa shape index (κ2) is 5.72. The number of halogens is 1. The minimum atomic E-state index is -0.999. The molecule has 1 unspecified atom stereocenters. The van der Waals surface area contributed by atoms with Gasteiger partial charge in [0.1, 0.15) is 5.75 Å². The molecule has 16 heavy (non-hydrogen) atoms. The van der Waals surface area contributed by atoms with Crippen molar-refractivity contribution >= 4 is 17.6 Å². The van der Waals surface area contributed by atoms with Gasteiger partial charge in [0.15, 0.2) is 6.10 Å². The number of nitrogens with two attached hydrogens (primary N) is 1. The van der Waals surface area contributed by atoms with Gasteiger partial charge >= 0.3 is 5.97 Å². The van der Waals surface area contributed by atoms with Gasteiger partial charge in [-0.1, -0.05) is 24.6 Å². The number of rotatable bonds is 5. The molecule has 0 aliphatic rings. The first-order chi connectivity index (χ1) is 7.58. The fourth-order valence-corrected chi connectivity index (χ4v) is 1.48. The molecule has 0 heterocycles. The van der Waals surface area contributed by atoms with E-state index in [-0.39, 0.29) is 0 Å². The summed E-state index contributed by atoms with van der Waals surface area (Å²) in [6.07, 6.45) is -0.495. The number of carboxylic acids is 1. The highest BCUT2D eigenvalue weighted by atomic mass is 35.5. The van der Waals surface area contributed by atoms with Gasteiger partial charge in [0.2, 0.25) is 0 Å². The van der Waals surface area contributed by atoms with Gasteiger partial charge in [-0.3, -0.25) is 0 Å². The Morgan fingerprint density at radius 2 is 2.31 bits per heavy atom. The summed E-state index contributed by atoms with van der Waals surface area (Å²) in [6, 6.07) is 5.07. The van der Waals surface area contributed by atoms with E-state index in [1.807, 2.05) is 0 Å². The minimum Gasteiger partial charge on any atom is -0.479 e. The molecule has 1 aromatic rings. The Hall–Kier alpha value is -1.26. The van der Waals surface area contributed by atoms with Crippen molar-refractivity contribution in [1.29, 1.82) is 0 Å². The van der Waals surface area contributed by atoms with Gasteiger partial charge < -0.3 is 15.6 Å². The normalized spacial score (nSPS) is 12.2. The minimum absolute atomic E-state index is 0.369. The van der Waals surface area contributed by atoms with Crippen LogP contribution in [0.25, 0.3) is 0 Å². The number of benzene rings is 1. The first-order valence-corrected chi connectivity index (χ1v) is 5.34. The maximum Gasteiger partial charge on any atom is 0.344 e. The Morgan fingerprint density at radius 1 is 1.62 bits per heavy atom. The topological polar surface area (TPSA) is 72.5 Å². The van der Waals surface area contributed by atoms with Gasteiger partial charge in [-0.25, -0.2) is 4.79 Å². The molecule has 0 bridgehead atoms. The van der Waals surface area contributed by atoms with Gasteiger partial charge in [0.25, 0.3) is 0 Å². The summed E-state index contributed by atoms with van der Waals surface area (Å²) >= 11 is 5.94. The summed E-state index contributed by atoms with van der Waals surface area (Å²) in [5, 5.41) is 9.22. The third-order valence-electron chi connectivity index (χ3n) is 2.15. The zero-order valence-corrected chi connectivity index (χ0v) is 9.70. The maximum absolute atomic E-state index is 10.8. The van der Waals surface area contributed by atoms with Crippen molar-refractivity contribution in [3.8, 4) is 5.75 Å². The van der Waals surface area contributed by atoms with Crippen LogP contribution < -0.4 is 10.5 Å². The molecular weight excluding hydrogens is 230 g/mol. The summed E-state index contributed by atoms with van der Waals surface area (Å²) in [5.41, 5.74) is 6.33. The lowest BCUT2D eigenvalue weighted by atomic mass is 10.2. The van der Waals surface area contributed by atoms with Crippen molar-refractivity contribution in [2.75, 3.05) is 0 Å². The summed E-state index contributed by atoms with van der Waals surface area (Å²) in [4.78, 5) is 10.8. The highest BCUT2D eigenvalue weighted by Gasteiger charge is 2.18. The smallest absolute Gasteiger partial charge is 0.344 e. The largest absolute Gasteiger partial charge is 0.479 e. The van der Waals surface area contributed by atoms with Crippen LogP contribution in [0.2, 0.25) is 5.02 Å². The van der Waals surface area contributed by atoms with Crippen LogP contribution in [0.1, 0.15) is 18.9 Å². The summed E-state index contributed by atoms with van der Waals surface area (Å²) in [6.45, 7) is 2.12. The molecule has 88 valence electrons. The Balaban J connectivity index is 2.84. The summed E-state index contributed by atoms with van der Waals surface area (Å²) in [7, 11) is 0. The Morgan fingerprint density at radius 3 is 2.75 bits per heavy atom. The van der Waals surface area contributed by atoms with Crippen LogP contribution in [0.15, 0.2) is 18.2 Å². The Labute approximate surface area is 99.0 Å². The fraction of sp³-hybridized carbons (Fsp3) is 0.364. The van der Waals surface area contributed by atoms with Crippen LogP contribution in [-0.4, -0.2) is 17.2 Å². The quantitative estimate of drug-likeness (QED) is 0.830.